The minimum absolute atomic E-state index is 0.103. The van der Waals surface area contributed by atoms with Crippen molar-refractivity contribution < 1.29 is 14.3 Å². The first-order valence-electron chi connectivity index (χ1n) is 9.09. The molecule has 4 aliphatic rings. The summed E-state index contributed by atoms with van der Waals surface area (Å²) in [7, 11) is 0. The zero-order valence-electron chi connectivity index (χ0n) is 15.1. The van der Waals surface area contributed by atoms with Gasteiger partial charge < -0.3 is 4.74 Å². The number of carbonyl (C=O) groups is 2. The van der Waals surface area contributed by atoms with E-state index in [2.05, 4.69) is 33.8 Å². The van der Waals surface area contributed by atoms with Crippen molar-refractivity contribution in [2.75, 3.05) is 0 Å². The highest BCUT2D eigenvalue weighted by Gasteiger charge is 2.57. The lowest BCUT2D eigenvalue weighted by molar-refractivity contribution is -0.131. The average molecular weight is 326 g/mol. The van der Waals surface area contributed by atoms with E-state index in [9.17, 15) is 9.59 Å². The Bertz CT molecular complexity index is 736. The van der Waals surface area contributed by atoms with Crippen LogP contribution in [-0.4, -0.2) is 17.2 Å². The molecule has 3 heteroatoms. The SMILES string of the molecule is CC12CCC3C(C)(C)CCCC3(C)C1=CC1=CC(=O)C(=O)C=C1O2. The molecule has 0 saturated heterocycles. The van der Waals surface area contributed by atoms with Crippen LogP contribution in [0.1, 0.15) is 59.8 Å². The summed E-state index contributed by atoms with van der Waals surface area (Å²) in [5.41, 5.74) is 2.17. The molecule has 2 fully saturated rings. The Morgan fingerprint density at radius 2 is 1.67 bits per heavy atom. The van der Waals surface area contributed by atoms with E-state index < -0.39 is 11.6 Å². The average Bonchev–Trinajstić information content (AvgIpc) is 2.46. The van der Waals surface area contributed by atoms with E-state index in [-0.39, 0.29) is 11.0 Å². The second-order valence-electron chi connectivity index (χ2n) is 9.08. The van der Waals surface area contributed by atoms with Crippen LogP contribution in [0, 0.1) is 16.7 Å². The summed E-state index contributed by atoms with van der Waals surface area (Å²) < 4.78 is 6.33. The van der Waals surface area contributed by atoms with Crippen LogP contribution in [0.15, 0.2) is 35.1 Å². The van der Waals surface area contributed by atoms with E-state index >= 15 is 0 Å². The number of hydrogen-bond donors (Lipinski definition) is 0. The smallest absolute Gasteiger partial charge is 0.229 e. The van der Waals surface area contributed by atoms with Gasteiger partial charge in [-0.2, -0.15) is 0 Å². The number of ketones is 2. The minimum atomic E-state index is -0.479. The third-order valence-corrected chi connectivity index (χ3v) is 7.04. The van der Waals surface area contributed by atoms with E-state index in [1.807, 2.05) is 0 Å². The first-order valence-corrected chi connectivity index (χ1v) is 9.09. The van der Waals surface area contributed by atoms with Crippen LogP contribution in [-0.2, 0) is 14.3 Å². The summed E-state index contributed by atoms with van der Waals surface area (Å²) >= 11 is 0. The monoisotopic (exact) mass is 326 g/mol. The number of ether oxygens (including phenoxy) is 1. The summed E-state index contributed by atoms with van der Waals surface area (Å²) in [6, 6.07) is 0. The number of carbonyl (C=O) groups excluding carboxylic acids is 2. The Kier molecular flexibility index (Phi) is 3.11. The standard InChI is InChI=1S/C21H26O3/c1-19(2)7-5-8-20(3)17(19)6-9-21(4)18(20)11-13-10-14(22)15(23)12-16(13)24-21/h10-12,17H,5-9H2,1-4H3. The molecule has 3 atom stereocenters. The molecule has 0 spiro atoms. The van der Waals surface area contributed by atoms with Crippen molar-refractivity contribution in [3.05, 3.63) is 35.1 Å². The molecule has 128 valence electrons. The molecule has 0 aromatic heterocycles. The highest BCUT2D eigenvalue weighted by atomic mass is 16.5. The molecule has 3 aliphatic carbocycles. The molecule has 2 saturated carbocycles. The van der Waals surface area contributed by atoms with Gasteiger partial charge in [-0.25, -0.2) is 0 Å². The van der Waals surface area contributed by atoms with Gasteiger partial charge in [-0.1, -0.05) is 27.2 Å². The Morgan fingerprint density at radius 1 is 0.958 bits per heavy atom. The van der Waals surface area contributed by atoms with Gasteiger partial charge in [-0.05, 0) is 61.0 Å². The summed E-state index contributed by atoms with van der Waals surface area (Å²) in [5.74, 6) is 0.281. The summed E-state index contributed by atoms with van der Waals surface area (Å²) in [5, 5.41) is 0. The Hall–Kier alpha value is -1.64. The Labute approximate surface area is 143 Å². The van der Waals surface area contributed by atoms with E-state index in [0.717, 1.165) is 18.4 Å². The predicted molar refractivity (Wildman–Crippen MR) is 92.2 cm³/mol. The van der Waals surface area contributed by atoms with Crippen LogP contribution in [0.2, 0.25) is 0 Å². The molecule has 1 aliphatic heterocycles. The maximum atomic E-state index is 11.8. The fourth-order valence-electron chi connectivity index (χ4n) is 5.89. The topological polar surface area (TPSA) is 43.4 Å². The van der Waals surface area contributed by atoms with Gasteiger partial charge in [0.05, 0.1) is 0 Å². The maximum Gasteiger partial charge on any atom is 0.229 e. The van der Waals surface area contributed by atoms with E-state index in [1.54, 1.807) is 0 Å². The van der Waals surface area contributed by atoms with E-state index in [4.69, 9.17) is 4.74 Å². The molecular formula is C21H26O3. The summed E-state index contributed by atoms with van der Waals surface area (Å²) in [4.78, 5) is 23.5. The van der Waals surface area contributed by atoms with Crippen LogP contribution in [0.25, 0.3) is 0 Å². The lowest BCUT2D eigenvalue weighted by Gasteiger charge is -2.60. The van der Waals surface area contributed by atoms with Crippen molar-refractivity contribution in [3.8, 4) is 0 Å². The molecule has 0 bridgehead atoms. The molecule has 0 aromatic rings. The van der Waals surface area contributed by atoms with Crippen molar-refractivity contribution in [2.24, 2.45) is 16.7 Å². The molecule has 3 unspecified atom stereocenters. The highest BCUT2D eigenvalue weighted by molar-refractivity contribution is 6.46. The van der Waals surface area contributed by atoms with Crippen LogP contribution < -0.4 is 0 Å². The minimum Gasteiger partial charge on any atom is -0.482 e. The summed E-state index contributed by atoms with van der Waals surface area (Å²) in [6.07, 6.45) is 10.8. The second-order valence-corrected chi connectivity index (χ2v) is 9.08. The molecule has 24 heavy (non-hydrogen) atoms. The largest absolute Gasteiger partial charge is 0.482 e. The quantitative estimate of drug-likeness (QED) is 0.493. The Morgan fingerprint density at radius 3 is 2.42 bits per heavy atom. The molecule has 1 heterocycles. The first-order chi connectivity index (χ1) is 11.2. The molecular weight excluding hydrogens is 300 g/mol. The number of allylic oxidation sites excluding steroid dienone is 3. The van der Waals surface area contributed by atoms with E-state index in [0.29, 0.717) is 17.1 Å². The van der Waals surface area contributed by atoms with Gasteiger partial charge in [0.1, 0.15) is 11.4 Å². The van der Waals surface area contributed by atoms with Gasteiger partial charge in [0.25, 0.3) is 0 Å². The molecule has 3 nitrogen and oxygen atoms in total. The number of hydrogen-bond acceptors (Lipinski definition) is 3. The predicted octanol–water partition coefficient (Wildman–Crippen LogP) is 4.29. The van der Waals surface area contributed by atoms with E-state index in [1.165, 1.54) is 37.0 Å². The molecule has 0 N–H and O–H groups in total. The van der Waals surface area contributed by atoms with Gasteiger partial charge in [0, 0.05) is 17.7 Å². The van der Waals surface area contributed by atoms with Gasteiger partial charge >= 0.3 is 0 Å². The summed E-state index contributed by atoms with van der Waals surface area (Å²) in [6.45, 7) is 9.33. The van der Waals surface area contributed by atoms with Crippen molar-refractivity contribution in [2.45, 2.75) is 65.4 Å². The normalized spacial score (nSPS) is 40.3. The third-order valence-electron chi connectivity index (χ3n) is 7.04. The lowest BCUT2D eigenvalue weighted by Crippen LogP contribution is -2.54. The zero-order chi connectivity index (χ0) is 17.3. The maximum absolute atomic E-state index is 11.8. The molecule has 0 radical (unpaired) electrons. The third kappa shape index (κ3) is 2.03. The fourth-order valence-corrected chi connectivity index (χ4v) is 5.89. The van der Waals surface area contributed by atoms with Gasteiger partial charge in [-0.3, -0.25) is 9.59 Å². The van der Waals surface area contributed by atoms with Gasteiger partial charge in [0.2, 0.25) is 11.6 Å². The van der Waals surface area contributed by atoms with Crippen molar-refractivity contribution in [3.63, 3.8) is 0 Å². The number of rotatable bonds is 0. The molecule has 0 aromatic carbocycles. The van der Waals surface area contributed by atoms with Crippen LogP contribution in [0.4, 0.5) is 0 Å². The second kappa shape index (κ2) is 4.71. The van der Waals surface area contributed by atoms with Crippen LogP contribution in [0.3, 0.4) is 0 Å². The molecule has 4 rings (SSSR count). The Balaban J connectivity index is 1.85. The van der Waals surface area contributed by atoms with Gasteiger partial charge in [0.15, 0.2) is 0 Å². The van der Waals surface area contributed by atoms with Crippen molar-refractivity contribution in [1.29, 1.82) is 0 Å². The highest BCUT2D eigenvalue weighted by Crippen LogP contribution is 2.64. The van der Waals surface area contributed by atoms with Crippen molar-refractivity contribution in [1.82, 2.24) is 0 Å². The van der Waals surface area contributed by atoms with Crippen LogP contribution in [0.5, 0.6) is 0 Å². The first kappa shape index (κ1) is 15.9. The lowest BCUT2D eigenvalue weighted by atomic mass is 9.47. The number of fused-ring (bicyclic) bond motifs is 4. The van der Waals surface area contributed by atoms with Crippen molar-refractivity contribution >= 4 is 11.6 Å². The zero-order valence-corrected chi connectivity index (χ0v) is 15.1. The van der Waals surface area contributed by atoms with Gasteiger partial charge in [-0.15, -0.1) is 0 Å². The fraction of sp³-hybridized carbons (Fsp3) is 0.619. The van der Waals surface area contributed by atoms with Crippen LogP contribution >= 0.6 is 0 Å². The molecule has 0 amide bonds.